The van der Waals surface area contributed by atoms with Crippen LogP contribution in [0.25, 0.3) is 0 Å². The van der Waals surface area contributed by atoms with E-state index < -0.39 is 5.54 Å². The summed E-state index contributed by atoms with van der Waals surface area (Å²) < 4.78 is 0. The number of thiocarbonyl (C=S) groups is 1. The van der Waals surface area contributed by atoms with Crippen LogP contribution in [0.3, 0.4) is 0 Å². The zero-order valence-electron chi connectivity index (χ0n) is 9.96. The lowest BCUT2D eigenvalue weighted by atomic mass is 9.93. The largest absolute Gasteiger partial charge is 0.391 e. The van der Waals surface area contributed by atoms with Gasteiger partial charge in [0.15, 0.2) is 0 Å². The number of amides is 2. The van der Waals surface area contributed by atoms with Crippen LogP contribution >= 0.6 is 12.2 Å². The predicted octanol–water partition coefficient (Wildman–Crippen LogP) is 1.49. The maximum atomic E-state index is 11.7. The first-order chi connectivity index (χ1) is 6.93. The summed E-state index contributed by atoms with van der Waals surface area (Å²) >= 11 is 5.01. The summed E-state index contributed by atoms with van der Waals surface area (Å²) in [5.41, 5.74) is 5.14. The molecule has 0 aliphatic rings. The Hall–Kier alpha value is -0.840. The molecule has 0 rings (SSSR count). The Balaban J connectivity index is 4.69. The van der Waals surface area contributed by atoms with Gasteiger partial charge < -0.3 is 16.0 Å². The van der Waals surface area contributed by atoms with E-state index in [0.29, 0.717) is 24.4 Å². The molecule has 0 unspecified atom stereocenters. The minimum atomic E-state index is -0.546. The van der Waals surface area contributed by atoms with Gasteiger partial charge >= 0.3 is 6.03 Å². The summed E-state index contributed by atoms with van der Waals surface area (Å²) in [6, 6.07) is -0.131. The van der Waals surface area contributed by atoms with Crippen LogP contribution in [0.2, 0.25) is 0 Å². The number of hydrogen-bond acceptors (Lipinski definition) is 2. The second-order valence-corrected chi connectivity index (χ2v) is 4.04. The zero-order chi connectivity index (χ0) is 12.1. The average molecular weight is 231 g/mol. The van der Waals surface area contributed by atoms with Crippen molar-refractivity contribution in [3.63, 3.8) is 0 Å². The molecule has 0 spiro atoms. The highest BCUT2D eigenvalue weighted by Gasteiger charge is 2.31. The number of nitrogens with one attached hydrogen (secondary N) is 1. The van der Waals surface area contributed by atoms with Gasteiger partial charge in [0, 0.05) is 13.6 Å². The number of carbonyl (C=O) groups excluding carboxylic acids is 1. The fraction of sp³-hybridized carbons (Fsp3) is 0.800. The molecule has 5 heteroatoms. The van der Waals surface area contributed by atoms with Gasteiger partial charge in [-0.2, -0.15) is 0 Å². The van der Waals surface area contributed by atoms with Crippen molar-refractivity contribution in [2.24, 2.45) is 5.73 Å². The van der Waals surface area contributed by atoms with Crippen LogP contribution in [0.1, 0.15) is 33.6 Å². The number of carbonyl (C=O) groups is 1. The molecule has 0 saturated carbocycles. The van der Waals surface area contributed by atoms with Gasteiger partial charge in [-0.05, 0) is 19.8 Å². The lowest BCUT2D eigenvalue weighted by molar-refractivity contribution is 0.201. The van der Waals surface area contributed by atoms with E-state index in [0.717, 1.165) is 0 Å². The Morgan fingerprint density at radius 3 is 2.13 bits per heavy atom. The molecule has 88 valence electrons. The standard InChI is InChI=1S/C10H21N3OS/c1-5-10(6-2,8(11)15)12-9(14)13(4)7-3/h5-7H2,1-4H3,(H2,11,15)(H,12,14). The van der Waals surface area contributed by atoms with Crippen LogP contribution < -0.4 is 11.1 Å². The van der Waals surface area contributed by atoms with Crippen LogP contribution in [-0.2, 0) is 0 Å². The molecular weight excluding hydrogens is 210 g/mol. The second-order valence-electron chi connectivity index (χ2n) is 3.60. The average Bonchev–Trinajstić information content (AvgIpc) is 2.24. The number of rotatable bonds is 5. The number of nitrogens with two attached hydrogens (primary N) is 1. The van der Waals surface area contributed by atoms with Gasteiger partial charge in [0.05, 0.1) is 10.5 Å². The molecule has 0 aliphatic carbocycles. The number of hydrogen-bond donors (Lipinski definition) is 2. The fourth-order valence-corrected chi connectivity index (χ4v) is 1.62. The lowest BCUT2D eigenvalue weighted by Crippen LogP contribution is -2.58. The topological polar surface area (TPSA) is 58.4 Å². The Kier molecular flexibility index (Phi) is 5.57. The fourth-order valence-electron chi connectivity index (χ4n) is 1.28. The Morgan fingerprint density at radius 2 is 1.87 bits per heavy atom. The van der Waals surface area contributed by atoms with E-state index >= 15 is 0 Å². The van der Waals surface area contributed by atoms with Gasteiger partial charge in [0.25, 0.3) is 0 Å². The summed E-state index contributed by atoms with van der Waals surface area (Å²) in [5.74, 6) is 0. The molecule has 0 aromatic heterocycles. The molecule has 0 radical (unpaired) electrons. The SMILES string of the molecule is CCN(C)C(=O)NC(CC)(CC)C(N)=S. The number of nitrogens with zero attached hydrogens (tertiary/aromatic N) is 1. The van der Waals surface area contributed by atoms with Crippen molar-refractivity contribution in [2.75, 3.05) is 13.6 Å². The van der Waals surface area contributed by atoms with Crippen LogP contribution in [0.4, 0.5) is 4.79 Å². The van der Waals surface area contributed by atoms with Crippen LogP contribution in [-0.4, -0.2) is 35.1 Å². The molecule has 0 aromatic carbocycles. The molecule has 0 atom stereocenters. The first-order valence-electron chi connectivity index (χ1n) is 5.26. The van der Waals surface area contributed by atoms with Crippen molar-refractivity contribution in [2.45, 2.75) is 39.2 Å². The monoisotopic (exact) mass is 231 g/mol. The Labute approximate surface area is 97.2 Å². The summed E-state index contributed by atoms with van der Waals surface area (Å²) in [4.78, 5) is 13.7. The molecular formula is C10H21N3OS. The summed E-state index contributed by atoms with van der Waals surface area (Å²) in [5, 5.41) is 2.90. The molecule has 0 aliphatic heterocycles. The summed E-state index contributed by atoms with van der Waals surface area (Å²) in [6.07, 6.45) is 1.42. The summed E-state index contributed by atoms with van der Waals surface area (Å²) in [7, 11) is 1.74. The maximum Gasteiger partial charge on any atom is 0.317 e. The number of urea groups is 1. The van der Waals surface area contributed by atoms with Crippen molar-refractivity contribution in [1.82, 2.24) is 10.2 Å². The van der Waals surface area contributed by atoms with Gasteiger partial charge in [-0.1, -0.05) is 26.1 Å². The van der Waals surface area contributed by atoms with Crippen molar-refractivity contribution >= 4 is 23.2 Å². The molecule has 3 N–H and O–H groups in total. The molecule has 0 aromatic rings. The quantitative estimate of drug-likeness (QED) is 0.705. The van der Waals surface area contributed by atoms with Gasteiger partial charge in [-0.25, -0.2) is 4.79 Å². The van der Waals surface area contributed by atoms with E-state index in [2.05, 4.69) is 5.32 Å². The van der Waals surface area contributed by atoms with E-state index in [-0.39, 0.29) is 6.03 Å². The van der Waals surface area contributed by atoms with Crippen LogP contribution in [0.15, 0.2) is 0 Å². The van der Waals surface area contributed by atoms with Crippen LogP contribution in [0.5, 0.6) is 0 Å². The molecule has 0 saturated heterocycles. The molecule has 0 bridgehead atoms. The van der Waals surface area contributed by atoms with Crippen molar-refractivity contribution in [1.29, 1.82) is 0 Å². The highest BCUT2D eigenvalue weighted by molar-refractivity contribution is 7.80. The molecule has 2 amide bonds. The normalized spacial score (nSPS) is 10.9. The maximum absolute atomic E-state index is 11.7. The third kappa shape index (κ3) is 3.34. The van der Waals surface area contributed by atoms with Crippen LogP contribution in [0, 0.1) is 0 Å². The highest BCUT2D eigenvalue weighted by atomic mass is 32.1. The predicted molar refractivity (Wildman–Crippen MR) is 66.9 cm³/mol. The first-order valence-corrected chi connectivity index (χ1v) is 5.67. The van der Waals surface area contributed by atoms with E-state index in [1.165, 1.54) is 0 Å². The van der Waals surface area contributed by atoms with E-state index in [1.807, 2.05) is 20.8 Å². The second kappa shape index (κ2) is 5.90. The van der Waals surface area contributed by atoms with E-state index in [1.54, 1.807) is 11.9 Å². The summed E-state index contributed by atoms with van der Waals surface area (Å²) in [6.45, 7) is 6.51. The minimum absolute atomic E-state index is 0.131. The third-order valence-corrected chi connectivity index (χ3v) is 3.24. The lowest BCUT2D eigenvalue weighted by Gasteiger charge is -2.33. The van der Waals surface area contributed by atoms with Gasteiger partial charge in [0.2, 0.25) is 0 Å². The van der Waals surface area contributed by atoms with Crippen molar-refractivity contribution < 1.29 is 4.79 Å². The molecule has 0 fully saturated rings. The molecule has 4 nitrogen and oxygen atoms in total. The van der Waals surface area contributed by atoms with Gasteiger partial charge in [-0.3, -0.25) is 0 Å². The Morgan fingerprint density at radius 1 is 1.40 bits per heavy atom. The highest BCUT2D eigenvalue weighted by Crippen LogP contribution is 2.15. The van der Waals surface area contributed by atoms with Gasteiger partial charge in [0.1, 0.15) is 0 Å². The molecule has 15 heavy (non-hydrogen) atoms. The van der Waals surface area contributed by atoms with Gasteiger partial charge in [-0.15, -0.1) is 0 Å². The minimum Gasteiger partial charge on any atom is -0.391 e. The van der Waals surface area contributed by atoms with Crippen molar-refractivity contribution in [3.05, 3.63) is 0 Å². The van der Waals surface area contributed by atoms with Crippen molar-refractivity contribution in [3.8, 4) is 0 Å². The zero-order valence-corrected chi connectivity index (χ0v) is 10.8. The smallest absolute Gasteiger partial charge is 0.317 e. The Bertz CT molecular complexity index is 239. The van der Waals surface area contributed by atoms with E-state index in [4.69, 9.17) is 18.0 Å². The third-order valence-electron chi connectivity index (χ3n) is 2.85. The first kappa shape index (κ1) is 14.2. The van der Waals surface area contributed by atoms with E-state index in [9.17, 15) is 4.79 Å². The molecule has 0 heterocycles.